The molecular formula is C16H13F6N3O. The number of rotatable bonds is 2. The highest BCUT2D eigenvalue weighted by Crippen LogP contribution is 2.37. The molecule has 2 rings (SSSR count). The predicted octanol–water partition coefficient (Wildman–Crippen LogP) is 5.26. The minimum absolute atomic E-state index is 0.0241. The Bertz CT molecular complexity index is 797. The van der Waals surface area contributed by atoms with Gasteiger partial charge in [-0.05, 0) is 42.8 Å². The molecule has 0 aromatic heterocycles. The van der Waals surface area contributed by atoms with Gasteiger partial charge in [0.2, 0.25) is 0 Å². The van der Waals surface area contributed by atoms with Gasteiger partial charge in [-0.3, -0.25) is 0 Å². The Balaban J connectivity index is 2.27. The van der Waals surface area contributed by atoms with Crippen LogP contribution in [0.3, 0.4) is 0 Å². The van der Waals surface area contributed by atoms with Gasteiger partial charge >= 0.3 is 18.4 Å². The van der Waals surface area contributed by atoms with Crippen LogP contribution < -0.4 is 16.4 Å². The van der Waals surface area contributed by atoms with Crippen molar-refractivity contribution in [2.75, 3.05) is 16.4 Å². The summed E-state index contributed by atoms with van der Waals surface area (Å²) in [5, 5.41) is 4.24. The molecule has 0 aliphatic rings. The van der Waals surface area contributed by atoms with Crippen molar-refractivity contribution in [3.8, 4) is 0 Å². The number of amides is 2. The van der Waals surface area contributed by atoms with Gasteiger partial charge < -0.3 is 16.4 Å². The van der Waals surface area contributed by atoms with Crippen LogP contribution in [-0.2, 0) is 12.4 Å². The molecule has 0 aliphatic carbocycles. The van der Waals surface area contributed by atoms with Crippen molar-refractivity contribution >= 4 is 23.1 Å². The zero-order chi connectivity index (χ0) is 19.7. The van der Waals surface area contributed by atoms with E-state index in [-0.39, 0.29) is 11.8 Å². The molecule has 2 aromatic rings. The smallest absolute Gasteiger partial charge is 0.398 e. The molecule has 0 atom stereocenters. The quantitative estimate of drug-likeness (QED) is 0.494. The fourth-order valence-electron chi connectivity index (χ4n) is 2.04. The topological polar surface area (TPSA) is 67.2 Å². The van der Waals surface area contributed by atoms with Crippen molar-refractivity contribution in [2.45, 2.75) is 19.3 Å². The number of nitrogen functional groups attached to an aromatic ring is 1. The molecule has 140 valence electrons. The van der Waals surface area contributed by atoms with Gasteiger partial charge in [-0.25, -0.2) is 4.79 Å². The maximum Gasteiger partial charge on any atom is 0.416 e. The third-order valence-electron chi connectivity index (χ3n) is 3.38. The van der Waals surface area contributed by atoms with E-state index in [0.717, 1.165) is 5.56 Å². The number of carbonyl (C=O) groups excluding carboxylic acids is 1. The minimum Gasteiger partial charge on any atom is -0.398 e. The van der Waals surface area contributed by atoms with Crippen molar-refractivity contribution in [3.63, 3.8) is 0 Å². The van der Waals surface area contributed by atoms with E-state index in [0.29, 0.717) is 17.8 Å². The van der Waals surface area contributed by atoms with Gasteiger partial charge in [0.05, 0.1) is 11.1 Å². The van der Waals surface area contributed by atoms with Crippen molar-refractivity contribution in [2.24, 2.45) is 0 Å². The SMILES string of the molecule is Cc1ccc(NC(=O)Nc2cc(C(F)(F)F)cc(C(F)(F)F)c2)cc1N. The molecule has 0 bridgehead atoms. The molecule has 0 aliphatic heterocycles. The van der Waals surface area contributed by atoms with Crippen LogP contribution in [0.15, 0.2) is 36.4 Å². The number of benzene rings is 2. The first-order chi connectivity index (χ1) is 11.9. The lowest BCUT2D eigenvalue weighted by molar-refractivity contribution is -0.143. The monoisotopic (exact) mass is 377 g/mol. The van der Waals surface area contributed by atoms with Gasteiger partial charge in [0.1, 0.15) is 0 Å². The fraction of sp³-hybridized carbons (Fsp3) is 0.188. The summed E-state index contributed by atoms with van der Waals surface area (Å²) in [6.45, 7) is 1.72. The molecule has 2 aromatic carbocycles. The molecule has 0 fully saturated rings. The first kappa shape index (κ1) is 19.4. The molecule has 2 amide bonds. The van der Waals surface area contributed by atoms with Gasteiger partial charge in [0.15, 0.2) is 0 Å². The molecule has 0 spiro atoms. The van der Waals surface area contributed by atoms with Crippen molar-refractivity contribution in [1.82, 2.24) is 0 Å². The number of alkyl halides is 6. The van der Waals surface area contributed by atoms with Crippen LogP contribution in [0.1, 0.15) is 16.7 Å². The molecule has 0 unspecified atom stereocenters. The number of aryl methyl sites for hydroxylation is 1. The largest absolute Gasteiger partial charge is 0.416 e. The number of hydrogen-bond donors (Lipinski definition) is 3. The number of nitrogens with two attached hydrogens (primary N) is 1. The molecule has 0 radical (unpaired) electrons. The van der Waals surface area contributed by atoms with Crippen LogP contribution in [0.4, 0.5) is 48.2 Å². The Hall–Kier alpha value is -2.91. The summed E-state index contributed by atoms with van der Waals surface area (Å²) >= 11 is 0. The lowest BCUT2D eigenvalue weighted by Crippen LogP contribution is -2.21. The number of anilines is 3. The molecule has 4 N–H and O–H groups in total. The molecule has 26 heavy (non-hydrogen) atoms. The van der Waals surface area contributed by atoms with E-state index in [4.69, 9.17) is 5.73 Å². The van der Waals surface area contributed by atoms with Crippen molar-refractivity contribution in [3.05, 3.63) is 53.1 Å². The average molecular weight is 377 g/mol. The number of nitrogens with one attached hydrogen (secondary N) is 2. The molecule has 4 nitrogen and oxygen atoms in total. The van der Waals surface area contributed by atoms with Gasteiger partial charge in [-0.2, -0.15) is 26.3 Å². The lowest BCUT2D eigenvalue weighted by Gasteiger charge is -2.15. The Morgan fingerprint density at radius 1 is 0.846 bits per heavy atom. The summed E-state index contributed by atoms with van der Waals surface area (Å²) in [5.41, 5.74) is 3.29. The summed E-state index contributed by atoms with van der Waals surface area (Å²) in [5.74, 6) is 0. The summed E-state index contributed by atoms with van der Waals surface area (Å²) in [7, 11) is 0. The summed E-state index contributed by atoms with van der Waals surface area (Å²) in [6.07, 6.45) is -10.0. The zero-order valence-electron chi connectivity index (χ0n) is 13.2. The number of halogens is 6. The van der Waals surface area contributed by atoms with Crippen molar-refractivity contribution in [1.29, 1.82) is 0 Å². The minimum atomic E-state index is -5.00. The summed E-state index contributed by atoms with van der Waals surface area (Å²) in [4.78, 5) is 11.9. The highest BCUT2D eigenvalue weighted by molar-refractivity contribution is 6.00. The molecule has 0 saturated heterocycles. The van der Waals surface area contributed by atoms with Crippen LogP contribution >= 0.6 is 0 Å². The second kappa shape index (κ2) is 6.77. The Morgan fingerprint density at radius 3 is 1.81 bits per heavy atom. The number of urea groups is 1. The fourth-order valence-corrected chi connectivity index (χ4v) is 2.04. The van der Waals surface area contributed by atoms with Crippen molar-refractivity contribution < 1.29 is 31.1 Å². The normalized spacial score (nSPS) is 12.0. The van der Waals surface area contributed by atoms with E-state index >= 15 is 0 Å². The van der Waals surface area contributed by atoms with E-state index in [2.05, 4.69) is 5.32 Å². The average Bonchev–Trinajstić information content (AvgIpc) is 2.49. The van der Waals surface area contributed by atoms with Gasteiger partial charge in [0, 0.05) is 17.1 Å². The van der Waals surface area contributed by atoms with E-state index in [1.807, 2.05) is 5.32 Å². The van der Waals surface area contributed by atoms with Gasteiger partial charge in [-0.15, -0.1) is 0 Å². The first-order valence-electron chi connectivity index (χ1n) is 7.10. The van der Waals surface area contributed by atoms with Crippen LogP contribution in [0.25, 0.3) is 0 Å². The third-order valence-corrected chi connectivity index (χ3v) is 3.38. The highest BCUT2D eigenvalue weighted by atomic mass is 19.4. The third kappa shape index (κ3) is 4.80. The van der Waals surface area contributed by atoms with Crippen LogP contribution in [0, 0.1) is 6.92 Å². The number of carbonyl (C=O) groups is 1. The Morgan fingerprint density at radius 2 is 1.35 bits per heavy atom. The standard InChI is InChI=1S/C16H13F6N3O/c1-8-2-3-11(7-13(8)23)24-14(26)25-12-5-9(15(17,18)19)4-10(6-12)16(20,21)22/h2-7H,23H2,1H3,(H2,24,25,26). The Kier molecular flexibility index (Phi) is 5.06. The maximum absolute atomic E-state index is 12.8. The van der Waals surface area contributed by atoms with Gasteiger partial charge in [-0.1, -0.05) is 6.07 Å². The number of hydrogen-bond acceptors (Lipinski definition) is 2. The second-order valence-electron chi connectivity index (χ2n) is 5.45. The van der Waals surface area contributed by atoms with Crippen LogP contribution in [0.2, 0.25) is 0 Å². The summed E-state index contributed by atoms with van der Waals surface area (Å²) in [6, 6.07) is 4.28. The first-order valence-corrected chi connectivity index (χ1v) is 7.10. The van der Waals surface area contributed by atoms with Crippen LogP contribution in [0.5, 0.6) is 0 Å². The highest BCUT2D eigenvalue weighted by Gasteiger charge is 2.37. The van der Waals surface area contributed by atoms with E-state index in [9.17, 15) is 31.1 Å². The Labute approximate surface area is 144 Å². The predicted molar refractivity (Wildman–Crippen MR) is 84.7 cm³/mol. The molecule has 0 saturated carbocycles. The van der Waals surface area contributed by atoms with E-state index in [1.54, 1.807) is 13.0 Å². The molecule has 0 heterocycles. The molecule has 10 heteroatoms. The molecular weight excluding hydrogens is 364 g/mol. The van der Waals surface area contributed by atoms with Crippen LogP contribution in [-0.4, -0.2) is 6.03 Å². The van der Waals surface area contributed by atoms with E-state index < -0.39 is 35.2 Å². The maximum atomic E-state index is 12.8. The zero-order valence-corrected chi connectivity index (χ0v) is 13.2. The lowest BCUT2D eigenvalue weighted by atomic mass is 10.1. The van der Waals surface area contributed by atoms with E-state index in [1.165, 1.54) is 12.1 Å². The second-order valence-corrected chi connectivity index (χ2v) is 5.45. The summed E-state index contributed by atoms with van der Waals surface area (Å²) < 4.78 is 76.8. The van der Waals surface area contributed by atoms with Gasteiger partial charge in [0.25, 0.3) is 0 Å².